The van der Waals surface area contributed by atoms with E-state index in [2.05, 4.69) is 10.3 Å². The lowest BCUT2D eigenvalue weighted by Crippen LogP contribution is -2.48. The van der Waals surface area contributed by atoms with Crippen molar-refractivity contribution in [2.24, 2.45) is 14.1 Å². The average molecular weight is 366 g/mol. The molecule has 0 aromatic carbocycles. The molecule has 0 unspecified atom stereocenters. The molecule has 1 amide bonds. The third-order valence-corrected chi connectivity index (χ3v) is 4.34. The van der Waals surface area contributed by atoms with Crippen LogP contribution in [-0.4, -0.2) is 57.3 Å². The summed E-state index contributed by atoms with van der Waals surface area (Å²) in [6, 6.07) is 1.66. The highest BCUT2D eigenvalue weighted by atomic mass is 35.5. The van der Waals surface area contributed by atoms with Gasteiger partial charge >= 0.3 is 0 Å². The van der Waals surface area contributed by atoms with Crippen LogP contribution in [0.5, 0.6) is 0 Å². The Hall–Kier alpha value is -2.32. The summed E-state index contributed by atoms with van der Waals surface area (Å²) < 4.78 is 8.86. The molecule has 0 spiro atoms. The number of amides is 1. The zero-order valence-corrected chi connectivity index (χ0v) is 14.9. The summed E-state index contributed by atoms with van der Waals surface area (Å²) in [5.41, 5.74) is 0.335. The number of aryl methyl sites for hydroxylation is 2. The summed E-state index contributed by atoms with van der Waals surface area (Å²) in [6.45, 7) is 1.78. The van der Waals surface area contributed by atoms with Crippen molar-refractivity contribution in [1.29, 1.82) is 0 Å². The molecule has 9 heteroatoms. The minimum absolute atomic E-state index is 0.0866. The minimum Gasteiger partial charge on any atom is -0.373 e. The Bertz CT molecular complexity index is 831. The molecule has 2 aromatic heterocycles. The molecule has 1 atom stereocenters. The number of carbonyl (C=O) groups excluding carboxylic acids is 1. The van der Waals surface area contributed by atoms with E-state index in [9.17, 15) is 9.59 Å². The third kappa shape index (κ3) is 3.85. The van der Waals surface area contributed by atoms with Gasteiger partial charge < -0.3 is 24.1 Å². The van der Waals surface area contributed by atoms with E-state index in [0.717, 1.165) is 0 Å². The molecule has 134 valence electrons. The zero-order chi connectivity index (χ0) is 18.0. The van der Waals surface area contributed by atoms with Crippen molar-refractivity contribution in [1.82, 2.24) is 19.0 Å². The van der Waals surface area contributed by atoms with Crippen molar-refractivity contribution in [3.8, 4) is 0 Å². The first-order valence-electron chi connectivity index (χ1n) is 7.94. The Balaban J connectivity index is 1.63. The van der Waals surface area contributed by atoms with Gasteiger partial charge in [0, 0.05) is 52.3 Å². The molecular formula is C16H20ClN5O3. The maximum atomic E-state index is 12.7. The monoisotopic (exact) mass is 365 g/mol. The fourth-order valence-electron chi connectivity index (χ4n) is 2.76. The molecule has 1 N–H and O–H groups in total. The van der Waals surface area contributed by atoms with Gasteiger partial charge in [-0.15, -0.1) is 0 Å². The SMILES string of the molecule is Cn1cc(Cl)cc1C(=O)N1CCO[C@@H](CNc2nccn(C)c2=O)C1. The summed E-state index contributed by atoms with van der Waals surface area (Å²) in [7, 11) is 3.45. The number of halogens is 1. The van der Waals surface area contributed by atoms with Crippen LogP contribution in [0.15, 0.2) is 29.5 Å². The molecule has 1 fully saturated rings. The number of rotatable bonds is 4. The Morgan fingerprint density at radius 1 is 1.44 bits per heavy atom. The van der Waals surface area contributed by atoms with Gasteiger partial charge in [-0.2, -0.15) is 0 Å². The number of aromatic nitrogens is 3. The number of hydrogen-bond acceptors (Lipinski definition) is 5. The van der Waals surface area contributed by atoms with Crippen LogP contribution in [0.25, 0.3) is 0 Å². The standard InChI is InChI=1S/C16H20ClN5O3/c1-20-4-3-18-14(16(20)24)19-8-12-10-22(5-6-25-12)15(23)13-7-11(17)9-21(13)2/h3-4,7,9,12H,5-6,8,10H2,1-2H3,(H,18,19)/t12-/m0/s1. The van der Waals surface area contributed by atoms with Crippen LogP contribution in [0.1, 0.15) is 10.5 Å². The average Bonchev–Trinajstić information content (AvgIpc) is 2.94. The molecule has 2 aromatic rings. The number of ether oxygens (including phenoxy) is 1. The molecule has 25 heavy (non-hydrogen) atoms. The summed E-state index contributed by atoms with van der Waals surface area (Å²) in [6.07, 6.45) is 4.63. The van der Waals surface area contributed by atoms with Crippen molar-refractivity contribution < 1.29 is 9.53 Å². The van der Waals surface area contributed by atoms with Crippen LogP contribution in [-0.2, 0) is 18.8 Å². The molecule has 3 heterocycles. The van der Waals surface area contributed by atoms with Crippen molar-refractivity contribution in [3.05, 3.63) is 45.7 Å². The number of anilines is 1. The Labute approximate surface area is 150 Å². The number of morpholine rings is 1. The molecule has 3 rings (SSSR count). The number of carbonyl (C=O) groups is 1. The molecular weight excluding hydrogens is 346 g/mol. The van der Waals surface area contributed by atoms with Crippen molar-refractivity contribution in [2.75, 3.05) is 31.6 Å². The van der Waals surface area contributed by atoms with Gasteiger partial charge in [-0.1, -0.05) is 11.6 Å². The van der Waals surface area contributed by atoms with Gasteiger partial charge in [0.1, 0.15) is 5.69 Å². The van der Waals surface area contributed by atoms with E-state index in [0.29, 0.717) is 37.0 Å². The highest BCUT2D eigenvalue weighted by Crippen LogP contribution is 2.16. The molecule has 0 saturated carbocycles. The van der Waals surface area contributed by atoms with E-state index in [1.807, 2.05) is 0 Å². The van der Waals surface area contributed by atoms with Crippen LogP contribution >= 0.6 is 11.6 Å². The summed E-state index contributed by atoms with van der Waals surface area (Å²) in [4.78, 5) is 30.4. The van der Waals surface area contributed by atoms with Gasteiger partial charge in [0.15, 0.2) is 5.82 Å². The van der Waals surface area contributed by atoms with Crippen LogP contribution in [0.2, 0.25) is 5.02 Å². The van der Waals surface area contributed by atoms with Crippen LogP contribution < -0.4 is 10.9 Å². The molecule has 8 nitrogen and oxygen atoms in total. The number of nitrogens with zero attached hydrogens (tertiary/aromatic N) is 4. The van der Waals surface area contributed by atoms with Gasteiger partial charge in [0.05, 0.1) is 17.7 Å². The maximum Gasteiger partial charge on any atom is 0.293 e. The highest BCUT2D eigenvalue weighted by molar-refractivity contribution is 6.31. The minimum atomic E-state index is -0.222. The van der Waals surface area contributed by atoms with Crippen LogP contribution in [0.4, 0.5) is 5.82 Å². The summed E-state index contributed by atoms with van der Waals surface area (Å²) in [5, 5.41) is 3.54. The van der Waals surface area contributed by atoms with Gasteiger partial charge in [-0.05, 0) is 6.07 Å². The second-order valence-corrected chi connectivity index (χ2v) is 6.41. The topological polar surface area (TPSA) is 81.4 Å². The van der Waals surface area contributed by atoms with E-state index in [1.54, 1.807) is 48.2 Å². The first kappa shape index (κ1) is 17.5. The van der Waals surface area contributed by atoms with E-state index < -0.39 is 0 Å². The zero-order valence-electron chi connectivity index (χ0n) is 14.1. The van der Waals surface area contributed by atoms with Crippen LogP contribution in [0, 0.1) is 0 Å². The molecule has 0 bridgehead atoms. The Morgan fingerprint density at radius 2 is 2.24 bits per heavy atom. The first-order valence-corrected chi connectivity index (χ1v) is 8.31. The Morgan fingerprint density at radius 3 is 2.96 bits per heavy atom. The number of nitrogens with one attached hydrogen (secondary N) is 1. The van der Waals surface area contributed by atoms with E-state index in [1.165, 1.54) is 4.57 Å². The fourth-order valence-corrected chi connectivity index (χ4v) is 3.01. The van der Waals surface area contributed by atoms with E-state index >= 15 is 0 Å². The van der Waals surface area contributed by atoms with E-state index in [-0.39, 0.29) is 23.4 Å². The number of hydrogen-bond donors (Lipinski definition) is 1. The normalized spacial score (nSPS) is 17.6. The lowest BCUT2D eigenvalue weighted by atomic mass is 10.2. The quantitative estimate of drug-likeness (QED) is 0.863. The highest BCUT2D eigenvalue weighted by Gasteiger charge is 2.26. The first-order chi connectivity index (χ1) is 12.0. The fraction of sp³-hybridized carbons (Fsp3) is 0.438. The predicted octanol–water partition coefficient (Wildman–Crippen LogP) is 0.725. The molecule has 0 aliphatic carbocycles. The summed E-state index contributed by atoms with van der Waals surface area (Å²) in [5.74, 6) is 0.183. The smallest absolute Gasteiger partial charge is 0.293 e. The Kier molecular flexibility index (Phi) is 5.10. The van der Waals surface area contributed by atoms with Crippen LogP contribution in [0.3, 0.4) is 0 Å². The lowest BCUT2D eigenvalue weighted by Gasteiger charge is -2.33. The van der Waals surface area contributed by atoms with Gasteiger partial charge in [0.25, 0.3) is 11.5 Å². The van der Waals surface area contributed by atoms with E-state index in [4.69, 9.17) is 16.3 Å². The molecule has 1 aliphatic rings. The van der Waals surface area contributed by atoms with Gasteiger partial charge in [-0.3, -0.25) is 9.59 Å². The molecule has 0 radical (unpaired) electrons. The molecule has 1 aliphatic heterocycles. The second kappa shape index (κ2) is 7.28. The lowest BCUT2D eigenvalue weighted by molar-refractivity contribution is -0.0153. The van der Waals surface area contributed by atoms with Gasteiger partial charge in [-0.25, -0.2) is 4.98 Å². The third-order valence-electron chi connectivity index (χ3n) is 4.13. The maximum absolute atomic E-state index is 12.7. The largest absolute Gasteiger partial charge is 0.373 e. The predicted molar refractivity (Wildman–Crippen MR) is 94.0 cm³/mol. The van der Waals surface area contributed by atoms with Gasteiger partial charge in [0.2, 0.25) is 0 Å². The van der Waals surface area contributed by atoms with Crippen molar-refractivity contribution in [3.63, 3.8) is 0 Å². The van der Waals surface area contributed by atoms with Crippen molar-refractivity contribution >= 4 is 23.3 Å². The molecule has 1 saturated heterocycles. The van der Waals surface area contributed by atoms with Crippen molar-refractivity contribution in [2.45, 2.75) is 6.10 Å². The summed E-state index contributed by atoms with van der Waals surface area (Å²) >= 11 is 5.96. The second-order valence-electron chi connectivity index (χ2n) is 5.97.